The Labute approximate surface area is 126 Å². The van der Waals surface area contributed by atoms with Crippen LogP contribution in [0, 0.1) is 12.8 Å². The van der Waals surface area contributed by atoms with Crippen LogP contribution in [0.2, 0.25) is 0 Å². The number of ether oxygens (including phenoxy) is 1. The fourth-order valence-electron chi connectivity index (χ4n) is 2.92. The summed E-state index contributed by atoms with van der Waals surface area (Å²) in [5.41, 5.74) is 2.47. The Bertz CT molecular complexity index is 496. The number of rotatable bonds is 3. The zero-order valence-corrected chi connectivity index (χ0v) is 12.8. The molecule has 1 saturated heterocycles. The molecule has 2 amide bonds. The molecule has 2 fully saturated rings. The van der Waals surface area contributed by atoms with Crippen LogP contribution in [0.15, 0.2) is 24.3 Å². The Hall–Kier alpha value is -1.55. The van der Waals surface area contributed by atoms with E-state index >= 15 is 0 Å². The van der Waals surface area contributed by atoms with E-state index < -0.39 is 0 Å². The molecule has 1 heterocycles. The summed E-state index contributed by atoms with van der Waals surface area (Å²) in [6, 6.07) is 8.86. The quantitative estimate of drug-likeness (QED) is 0.929. The van der Waals surface area contributed by atoms with Gasteiger partial charge in [0.15, 0.2) is 0 Å². The van der Waals surface area contributed by atoms with Crippen molar-refractivity contribution in [2.24, 2.45) is 5.92 Å². The lowest BCUT2D eigenvalue weighted by Crippen LogP contribution is -2.52. The topological polar surface area (TPSA) is 41.6 Å². The Morgan fingerprint density at radius 3 is 2.67 bits per heavy atom. The zero-order chi connectivity index (χ0) is 14.8. The van der Waals surface area contributed by atoms with Crippen molar-refractivity contribution in [3.05, 3.63) is 35.4 Å². The van der Waals surface area contributed by atoms with Gasteiger partial charge in [0.1, 0.15) is 0 Å². The van der Waals surface area contributed by atoms with Gasteiger partial charge in [0, 0.05) is 6.54 Å². The molecule has 1 aromatic carbocycles. The lowest BCUT2D eigenvalue weighted by molar-refractivity contribution is 0.0182. The molecule has 0 aromatic heterocycles. The minimum absolute atomic E-state index is 0.0447. The van der Waals surface area contributed by atoms with Gasteiger partial charge >= 0.3 is 6.03 Å². The van der Waals surface area contributed by atoms with Gasteiger partial charge in [-0.05, 0) is 38.2 Å². The van der Waals surface area contributed by atoms with E-state index in [9.17, 15) is 4.79 Å². The normalized spacial score (nSPS) is 23.7. The average Bonchev–Trinajstić information content (AvgIpc) is 3.31. The molecule has 114 valence electrons. The third-order valence-corrected chi connectivity index (χ3v) is 4.44. The smallest absolute Gasteiger partial charge is 0.318 e. The van der Waals surface area contributed by atoms with E-state index in [0.717, 1.165) is 0 Å². The molecule has 0 radical (unpaired) electrons. The van der Waals surface area contributed by atoms with E-state index in [1.54, 1.807) is 0 Å². The van der Waals surface area contributed by atoms with Crippen LogP contribution in [0.25, 0.3) is 0 Å². The molecule has 1 N–H and O–H groups in total. The lowest BCUT2D eigenvalue weighted by atomic mass is 10.0. The first kappa shape index (κ1) is 14.4. The number of benzene rings is 1. The molecule has 0 unspecified atom stereocenters. The number of urea groups is 1. The van der Waals surface area contributed by atoms with Gasteiger partial charge in [-0.2, -0.15) is 0 Å². The molecule has 4 nitrogen and oxygen atoms in total. The molecule has 3 rings (SSSR count). The monoisotopic (exact) mass is 288 g/mol. The van der Waals surface area contributed by atoms with Gasteiger partial charge in [0.2, 0.25) is 0 Å². The number of amides is 2. The van der Waals surface area contributed by atoms with Gasteiger partial charge in [-0.3, -0.25) is 0 Å². The predicted molar refractivity (Wildman–Crippen MR) is 82.2 cm³/mol. The fraction of sp³-hybridized carbons (Fsp3) is 0.588. The van der Waals surface area contributed by atoms with Crippen LogP contribution < -0.4 is 5.32 Å². The second kappa shape index (κ2) is 6.06. The van der Waals surface area contributed by atoms with Crippen molar-refractivity contribution < 1.29 is 9.53 Å². The van der Waals surface area contributed by atoms with Crippen molar-refractivity contribution in [2.45, 2.75) is 38.8 Å². The van der Waals surface area contributed by atoms with E-state index in [1.807, 2.05) is 11.8 Å². The van der Waals surface area contributed by atoms with Crippen LogP contribution in [-0.4, -0.2) is 36.7 Å². The van der Waals surface area contributed by atoms with Crippen molar-refractivity contribution in [1.82, 2.24) is 10.2 Å². The van der Waals surface area contributed by atoms with Gasteiger partial charge in [-0.25, -0.2) is 4.79 Å². The number of hydrogen-bond donors (Lipinski definition) is 1. The Kier molecular flexibility index (Phi) is 4.15. The maximum Gasteiger partial charge on any atom is 0.318 e. The molecule has 21 heavy (non-hydrogen) atoms. The van der Waals surface area contributed by atoms with Crippen molar-refractivity contribution in [3.63, 3.8) is 0 Å². The van der Waals surface area contributed by atoms with E-state index in [2.05, 4.69) is 36.5 Å². The summed E-state index contributed by atoms with van der Waals surface area (Å²) >= 11 is 0. The van der Waals surface area contributed by atoms with Crippen LogP contribution in [0.4, 0.5) is 4.79 Å². The maximum atomic E-state index is 12.6. The highest BCUT2D eigenvalue weighted by Crippen LogP contribution is 2.41. The van der Waals surface area contributed by atoms with Gasteiger partial charge in [0.05, 0.1) is 25.3 Å². The molecule has 1 aromatic rings. The Morgan fingerprint density at radius 2 is 2.05 bits per heavy atom. The average molecular weight is 288 g/mol. The van der Waals surface area contributed by atoms with Crippen LogP contribution in [0.1, 0.15) is 36.9 Å². The molecule has 0 bridgehead atoms. The van der Waals surface area contributed by atoms with E-state index in [1.165, 1.54) is 24.0 Å². The predicted octanol–water partition coefficient (Wildman–Crippen LogP) is 2.88. The molecular formula is C17H24N2O2. The van der Waals surface area contributed by atoms with Crippen molar-refractivity contribution in [3.8, 4) is 0 Å². The third-order valence-electron chi connectivity index (χ3n) is 4.44. The summed E-state index contributed by atoms with van der Waals surface area (Å²) in [6.45, 7) is 6.07. The molecule has 4 heteroatoms. The molecule has 2 aliphatic rings. The van der Waals surface area contributed by atoms with Crippen LogP contribution >= 0.6 is 0 Å². The first-order chi connectivity index (χ1) is 10.1. The molecule has 1 aliphatic heterocycles. The highest BCUT2D eigenvalue weighted by Gasteiger charge is 2.35. The molecule has 2 atom stereocenters. The number of hydrogen-bond acceptors (Lipinski definition) is 2. The first-order valence-corrected chi connectivity index (χ1v) is 7.86. The highest BCUT2D eigenvalue weighted by molar-refractivity contribution is 5.75. The Morgan fingerprint density at radius 1 is 1.33 bits per heavy atom. The largest absolute Gasteiger partial charge is 0.377 e. The molecule has 0 spiro atoms. The van der Waals surface area contributed by atoms with E-state index in [-0.39, 0.29) is 18.1 Å². The summed E-state index contributed by atoms with van der Waals surface area (Å²) in [6.07, 6.45) is 2.41. The molecule has 1 saturated carbocycles. The number of carbonyl (C=O) groups is 1. The first-order valence-electron chi connectivity index (χ1n) is 7.86. The minimum Gasteiger partial charge on any atom is -0.377 e. The molecular weight excluding hydrogens is 264 g/mol. The summed E-state index contributed by atoms with van der Waals surface area (Å²) < 4.78 is 5.40. The van der Waals surface area contributed by atoms with Gasteiger partial charge in [-0.15, -0.1) is 0 Å². The summed E-state index contributed by atoms with van der Waals surface area (Å²) in [5.74, 6) is 0.591. The van der Waals surface area contributed by atoms with Crippen LogP contribution in [-0.2, 0) is 4.74 Å². The van der Waals surface area contributed by atoms with Crippen molar-refractivity contribution in [1.29, 1.82) is 0 Å². The van der Waals surface area contributed by atoms with Gasteiger partial charge in [-0.1, -0.05) is 29.8 Å². The summed E-state index contributed by atoms with van der Waals surface area (Å²) in [7, 11) is 0. The second-order valence-corrected chi connectivity index (χ2v) is 6.29. The summed E-state index contributed by atoms with van der Waals surface area (Å²) in [4.78, 5) is 14.4. The lowest BCUT2D eigenvalue weighted by Gasteiger charge is -2.34. The van der Waals surface area contributed by atoms with Gasteiger partial charge in [0.25, 0.3) is 0 Å². The second-order valence-electron chi connectivity index (χ2n) is 6.29. The number of nitrogens with one attached hydrogen (secondary N) is 1. The number of morpholine rings is 1. The minimum atomic E-state index is 0.0447. The standard InChI is InChI=1S/C17H24N2O2/c1-12-3-5-14(6-4-12)16(15-7-8-15)18-17(20)19-9-10-21-11-13(19)2/h3-6,13,15-16H,7-11H2,1-2H3,(H,18,20)/t13-,16-/m0/s1. The summed E-state index contributed by atoms with van der Waals surface area (Å²) in [5, 5.41) is 3.25. The number of carbonyl (C=O) groups excluding carboxylic acids is 1. The molecule has 1 aliphatic carbocycles. The van der Waals surface area contributed by atoms with Crippen LogP contribution in [0.5, 0.6) is 0 Å². The van der Waals surface area contributed by atoms with Crippen molar-refractivity contribution >= 4 is 6.03 Å². The Balaban J connectivity index is 1.70. The SMILES string of the molecule is Cc1ccc([C@H](NC(=O)N2CCOC[C@@H]2C)C2CC2)cc1. The van der Waals surface area contributed by atoms with Crippen molar-refractivity contribution in [2.75, 3.05) is 19.8 Å². The zero-order valence-electron chi connectivity index (χ0n) is 12.8. The highest BCUT2D eigenvalue weighted by atomic mass is 16.5. The van der Waals surface area contributed by atoms with E-state index in [4.69, 9.17) is 4.74 Å². The van der Waals surface area contributed by atoms with Crippen LogP contribution in [0.3, 0.4) is 0 Å². The third kappa shape index (κ3) is 3.38. The number of nitrogens with zero attached hydrogens (tertiary/aromatic N) is 1. The maximum absolute atomic E-state index is 12.6. The number of aryl methyl sites for hydroxylation is 1. The van der Waals surface area contributed by atoms with Gasteiger partial charge < -0.3 is 15.0 Å². The fourth-order valence-corrected chi connectivity index (χ4v) is 2.92. The van der Waals surface area contributed by atoms with E-state index in [0.29, 0.717) is 25.7 Å².